The van der Waals surface area contributed by atoms with Crippen molar-refractivity contribution >= 4 is 173 Å². The number of rotatable bonds is 8. The first-order chi connectivity index (χ1) is 59.5. The van der Waals surface area contributed by atoms with Gasteiger partial charge in [-0.05, 0) is 264 Å². The lowest BCUT2D eigenvalue weighted by molar-refractivity contribution is 1.18. The Morgan fingerprint density at radius 1 is 0.100 bits per heavy atom. The Kier molecular flexibility index (Phi) is 15.1. The molecule has 22 aromatic carbocycles. The molecule has 0 N–H and O–H groups in total. The fourth-order valence-corrected chi connectivity index (χ4v) is 20.0. The van der Waals surface area contributed by atoms with Crippen molar-refractivity contribution in [2.24, 2.45) is 0 Å². The van der Waals surface area contributed by atoms with E-state index in [4.69, 9.17) is 0 Å². The van der Waals surface area contributed by atoms with Gasteiger partial charge in [0.25, 0.3) is 0 Å². The van der Waals surface area contributed by atoms with Crippen LogP contribution in [-0.4, -0.2) is 18.3 Å². The molecule has 4 nitrogen and oxygen atoms in total. The zero-order chi connectivity index (χ0) is 78.6. The second kappa shape index (κ2) is 26.9. The van der Waals surface area contributed by atoms with Gasteiger partial charge in [0.2, 0.25) is 0 Å². The molecule has 26 aromatic rings. The first kappa shape index (κ1) is 67.5. The number of fused-ring (bicyclic) bond motifs is 24. The molecule has 556 valence electrons. The largest absolute Gasteiger partial charge is 0.309 e. The highest BCUT2D eigenvalue weighted by atomic mass is 15.0. The van der Waals surface area contributed by atoms with Crippen LogP contribution in [0, 0.1) is 0 Å². The summed E-state index contributed by atoms with van der Waals surface area (Å²) in [6.45, 7) is 0. The van der Waals surface area contributed by atoms with E-state index in [0.29, 0.717) is 0 Å². The van der Waals surface area contributed by atoms with Gasteiger partial charge in [-0.3, -0.25) is 0 Å². The van der Waals surface area contributed by atoms with E-state index < -0.39 is 0 Å². The minimum absolute atomic E-state index is 1.15. The molecule has 0 unspecified atom stereocenters. The Labute approximate surface area is 691 Å². The molecule has 120 heavy (non-hydrogen) atoms. The van der Waals surface area contributed by atoms with Crippen LogP contribution >= 0.6 is 0 Å². The Bertz CT molecular complexity index is 8800. The van der Waals surface area contributed by atoms with Crippen LogP contribution in [0.25, 0.3) is 241 Å². The Hall–Kier alpha value is -15.9. The highest BCUT2D eigenvalue weighted by Crippen LogP contribution is 2.45. The minimum Gasteiger partial charge on any atom is -0.309 e. The molecule has 0 aliphatic heterocycles. The highest BCUT2D eigenvalue weighted by Gasteiger charge is 2.21. The van der Waals surface area contributed by atoms with Crippen LogP contribution in [0.4, 0.5) is 0 Å². The first-order valence-corrected chi connectivity index (χ1v) is 41.5. The van der Waals surface area contributed by atoms with Crippen molar-refractivity contribution in [3.05, 3.63) is 437 Å². The summed E-state index contributed by atoms with van der Waals surface area (Å²) in [7, 11) is 0. The maximum absolute atomic E-state index is 2.43. The Morgan fingerprint density at radius 3 is 0.750 bits per heavy atom. The fraction of sp³-hybridized carbons (Fsp3) is 0. The van der Waals surface area contributed by atoms with E-state index in [-0.39, 0.29) is 0 Å². The predicted octanol–water partition coefficient (Wildman–Crippen LogP) is 31.7. The van der Waals surface area contributed by atoms with Gasteiger partial charge < -0.3 is 18.3 Å². The Morgan fingerprint density at radius 2 is 0.350 bits per heavy atom. The number of benzene rings is 22. The second-order valence-corrected chi connectivity index (χ2v) is 32.3. The van der Waals surface area contributed by atoms with Gasteiger partial charge in [0.05, 0.1) is 44.1 Å². The zero-order valence-electron chi connectivity index (χ0n) is 65.4. The van der Waals surface area contributed by atoms with E-state index in [2.05, 4.69) is 455 Å². The summed E-state index contributed by atoms with van der Waals surface area (Å²) < 4.78 is 9.66. The third-order valence-corrected chi connectivity index (χ3v) is 25.7. The topological polar surface area (TPSA) is 19.7 Å². The monoisotopic (exact) mass is 1520 g/mol. The van der Waals surface area contributed by atoms with Crippen molar-refractivity contribution in [1.29, 1.82) is 0 Å². The van der Waals surface area contributed by atoms with Crippen molar-refractivity contribution in [2.45, 2.75) is 0 Å². The molecule has 0 amide bonds. The number of hydrogen-bond donors (Lipinski definition) is 0. The summed E-state index contributed by atoms with van der Waals surface area (Å²) in [6, 6.07) is 161. The lowest BCUT2D eigenvalue weighted by atomic mass is 9.95. The molecule has 0 aliphatic rings. The zero-order valence-corrected chi connectivity index (χ0v) is 65.4. The standard InChI is InChI=1S/2C58H36N2/c1-2-12-39-33-46(26-20-37(39)10-1)60-56-19-8-6-17-52(56)54-36-43(25-31-58(54)60)42-24-30-57-53(35-42)51-16-5-7-18-55(51)59(57)45-14-9-13-40(34-45)41-22-27-48-44(32-41)23-29-49-47-15-4-3-11-38(47)21-28-50(48)49;1-2-11-40-34-46(27-19-37(40)9-1)60-56-16-8-6-14-52(56)54-36-43(24-32-58(54)60)42-23-31-57-53(35-42)51-13-5-7-15-55(51)59(57)45-25-17-38(18-26-45)41-21-28-48-44(33-41)22-30-49-47-12-4-3-10-39(47)20-29-50(48)49/h2*1-36H. The van der Waals surface area contributed by atoms with Gasteiger partial charge in [-0.25, -0.2) is 0 Å². The SMILES string of the molecule is c1cc(-c2ccc3c(ccc4c5ccccc5ccc34)c2)cc(-n2c3ccccc3c3cc(-c4ccc5c(c4)c4ccccc4n5-c4ccc5ccccc5c4)ccc32)c1.c1ccc2cc(-n3c4ccccc4c4cc(-c5ccc6c(c5)c5ccccc5n6-c5ccc(-c6ccc7c(ccc8c9ccccc9ccc78)c6)cc5)ccc43)ccc2c1. The van der Waals surface area contributed by atoms with Crippen molar-refractivity contribution in [3.8, 4) is 67.3 Å². The molecule has 4 aromatic heterocycles. The van der Waals surface area contributed by atoms with Gasteiger partial charge in [-0.1, -0.05) is 303 Å². The van der Waals surface area contributed by atoms with Crippen LogP contribution in [0.1, 0.15) is 0 Å². The van der Waals surface area contributed by atoms with E-state index >= 15 is 0 Å². The third-order valence-electron chi connectivity index (χ3n) is 25.7. The molecule has 4 heteroatoms. The number of aromatic nitrogens is 4. The van der Waals surface area contributed by atoms with Gasteiger partial charge >= 0.3 is 0 Å². The Balaban J connectivity index is 0.000000133. The number of hydrogen-bond acceptors (Lipinski definition) is 0. The van der Waals surface area contributed by atoms with Crippen LogP contribution in [0.5, 0.6) is 0 Å². The third kappa shape index (κ3) is 10.7. The minimum atomic E-state index is 1.15. The second-order valence-electron chi connectivity index (χ2n) is 32.3. The fourth-order valence-electron chi connectivity index (χ4n) is 20.0. The summed E-state index contributed by atoms with van der Waals surface area (Å²) in [6.07, 6.45) is 0. The van der Waals surface area contributed by atoms with Crippen LogP contribution in [0.3, 0.4) is 0 Å². The summed E-state index contributed by atoms with van der Waals surface area (Å²) in [4.78, 5) is 0. The van der Waals surface area contributed by atoms with Crippen molar-refractivity contribution in [3.63, 3.8) is 0 Å². The van der Waals surface area contributed by atoms with Gasteiger partial charge in [0, 0.05) is 65.8 Å². The van der Waals surface area contributed by atoms with Crippen molar-refractivity contribution < 1.29 is 0 Å². The van der Waals surface area contributed by atoms with E-state index in [1.807, 2.05) is 0 Å². The van der Waals surface area contributed by atoms with Crippen LogP contribution in [0.2, 0.25) is 0 Å². The van der Waals surface area contributed by atoms with E-state index in [9.17, 15) is 0 Å². The molecule has 0 fully saturated rings. The molecule has 0 radical (unpaired) electrons. The summed E-state index contributed by atoms with van der Waals surface area (Å²) in [5.74, 6) is 0. The van der Waals surface area contributed by atoms with E-state index in [0.717, 1.165) is 11.4 Å². The summed E-state index contributed by atoms with van der Waals surface area (Å²) >= 11 is 0. The molecule has 0 saturated carbocycles. The number of nitrogens with zero attached hydrogens (tertiary/aromatic N) is 4. The van der Waals surface area contributed by atoms with Crippen LogP contribution in [-0.2, 0) is 0 Å². The van der Waals surface area contributed by atoms with Crippen molar-refractivity contribution in [2.75, 3.05) is 0 Å². The van der Waals surface area contributed by atoms with E-state index in [1.54, 1.807) is 0 Å². The summed E-state index contributed by atoms with van der Waals surface area (Å²) in [5, 5.41) is 30.5. The maximum Gasteiger partial charge on any atom is 0.0541 e. The average Bonchev–Trinajstić information content (AvgIpc) is 1.58. The van der Waals surface area contributed by atoms with Crippen molar-refractivity contribution in [1.82, 2.24) is 18.3 Å². The first-order valence-electron chi connectivity index (χ1n) is 41.5. The molecule has 0 spiro atoms. The molecule has 4 heterocycles. The van der Waals surface area contributed by atoms with Gasteiger partial charge in [-0.15, -0.1) is 0 Å². The average molecular weight is 1520 g/mol. The molecule has 0 saturated heterocycles. The summed E-state index contributed by atoms with van der Waals surface area (Å²) in [5.41, 5.74) is 24.0. The van der Waals surface area contributed by atoms with E-state index in [1.165, 1.54) is 229 Å². The molecule has 26 rings (SSSR count). The smallest absolute Gasteiger partial charge is 0.0541 e. The lowest BCUT2D eigenvalue weighted by Crippen LogP contribution is -1.94. The lowest BCUT2D eigenvalue weighted by Gasteiger charge is -2.12. The normalized spacial score (nSPS) is 12.0. The van der Waals surface area contributed by atoms with Crippen LogP contribution in [0.15, 0.2) is 437 Å². The molecular formula is C116H72N4. The van der Waals surface area contributed by atoms with Crippen LogP contribution < -0.4 is 0 Å². The van der Waals surface area contributed by atoms with Gasteiger partial charge in [0.15, 0.2) is 0 Å². The number of para-hydroxylation sites is 4. The molecule has 0 atom stereocenters. The highest BCUT2D eigenvalue weighted by molar-refractivity contribution is 6.21. The van der Waals surface area contributed by atoms with Gasteiger partial charge in [-0.2, -0.15) is 0 Å². The predicted molar refractivity (Wildman–Crippen MR) is 512 cm³/mol. The quantitative estimate of drug-likeness (QED) is 0.135. The molecular weight excluding hydrogens is 1450 g/mol. The molecule has 0 bridgehead atoms. The van der Waals surface area contributed by atoms with Gasteiger partial charge in [0.1, 0.15) is 0 Å². The maximum atomic E-state index is 2.43. The molecule has 0 aliphatic carbocycles.